The van der Waals surface area contributed by atoms with Crippen LogP contribution < -0.4 is 4.74 Å². The maximum Gasteiger partial charge on any atom is 0.260 e. The number of hydrogen-bond acceptors (Lipinski definition) is 5. The van der Waals surface area contributed by atoms with Gasteiger partial charge < -0.3 is 14.4 Å². The molecule has 30 heavy (non-hydrogen) atoms. The lowest BCUT2D eigenvalue weighted by molar-refractivity contribution is -0.132. The van der Waals surface area contributed by atoms with Crippen LogP contribution in [-0.2, 0) is 26.1 Å². The van der Waals surface area contributed by atoms with E-state index >= 15 is 0 Å². The Hall–Kier alpha value is -2.20. The van der Waals surface area contributed by atoms with Crippen molar-refractivity contribution in [2.75, 3.05) is 40.0 Å². The SMILES string of the molecule is CN(Cc1ccccc1F)C(=O)COc1ccc(S(=O)(=O)N2CCOCC2)cc1Cl. The van der Waals surface area contributed by atoms with Crippen molar-refractivity contribution in [3.8, 4) is 5.75 Å². The highest BCUT2D eigenvalue weighted by atomic mass is 35.5. The Balaban J connectivity index is 1.62. The molecule has 0 aromatic heterocycles. The smallest absolute Gasteiger partial charge is 0.260 e. The normalized spacial score (nSPS) is 15.0. The summed E-state index contributed by atoms with van der Waals surface area (Å²) >= 11 is 6.18. The topological polar surface area (TPSA) is 76.2 Å². The molecule has 3 rings (SSSR count). The van der Waals surface area contributed by atoms with E-state index < -0.39 is 15.8 Å². The van der Waals surface area contributed by atoms with E-state index in [1.165, 1.54) is 40.5 Å². The number of benzene rings is 2. The zero-order chi connectivity index (χ0) is 21.7. The van der Waals surface area contributed by atoms with Crippen molar-refractivity contribution in [2.24, 2.45) is 0 Å². The Morgan fingerprint density at radius 2 is 1.93 bits per heavy atom. The lowest BCUT2D eigenvalue weighted by Crippen LogP contribution is -2.40. The van der Waals surface area contributed by atoms with E-state index in [4.69, 9.17) is 21.1 Å². The van der Waals surface area contributed by atoms with Crippen molar-refractivity contribution in [2.45, 2.75) is 11.4 Å². The Morgan fingerprint density at radius 1 is 1.23 bits per heavy atom. The predicted octanol–water partition coefficient (Wildman–Crippen LogP) is 2.54. The molecule has 162 valence electrons. The van der Waals surface area contributed by atoms with Crippen LogP contribution in [0.25, 0.3) is 0 Å². The van der Waals surface area contributed by atoms with E-state index in [1.807, 2.05) is 0 Å². The molecule has 1 heterocycles. The molecule has 0 radical (unpaired) electrons. The Labute approximate surface area is 180 Å². The van der Waals surface area contributed by atoms with Crippen molar-refractivity contribution < 1.29 is 27.1 Å². The van der Waals surface area contributed by atoms with Crippen LogP contribution in [0.3, 0.4) is 0 Å². The molecule has 1 amide bonds. The van der Waals surface area contributed by atoms with Crippen LogP contribution in [0.5, 0.6) is 5.75 Å². The molecule has 2 aromatic carbocycles. The summed E-state index contributed by atoms with van der Waals surface area (Å²) in [6.07, 6.45) is 0. The highest BCUT2D eigenvalue weighted by Crippen LogP contribution is 2.29. The minimum Gasteiger partial charge on any atom is -0.482 e. The molecular formula is C20H22ClFN2O5S. The average Bonchev–Trinajstić information content (AvgIpc) is 2.74. The summed E-state index contributed by atoms with van der Waals surface area (Å²) in [5, 5.41) is 0.0777. The van der Waals surface area contributed by atoms with E-state index in [0.29, 0.717) is 18.8 Å². The van der Waals surface area contributed by atoms with Crippen molar-refractivity contribution in [1.82, 2.24) is 9.21 Å². The maximum absolute atomic E-state index is 13.7. The molecule has 1 aliphatic rings. The number of carbonyl (C=O) groups excluding carboxylic acids is 1. The van der Waals surface area contributed by atoms with Gasteiger partial charge in [-0.1, -0.05) is 29.8 Å². The summed E-state index contributed by atoms with van der Waals surface area (Å²) in [7, 11) is -2.14. The number of rotatable bonds is 7. The van der Waals surface area contributed by atoms with E-state index in [1.54, 1.807) is 18.2 Å². The molecule has 1 aliphatic heterocycles. The van der Waals surface area contributed by atoms with E-state index in [0.717, 1.165) is 0 Å². The fraction of sp³-hybridized carbons (Fsp3) is 0.350. The summed E-state index contributed by atoms with van der Waals surface area (Å²) in [4.78, 5) is 13.7. The van der Waals surface area contributed by atoms with Gasteiger partial charge in [0.15, 0.2) is 6.61 Å². The first-order valence-electron chi connectivity index (χ1n) is 9.26. The monoisotopic (exact) mass is 456 g/mol. The first kappa shape index (κ1) is 22.5. The van der Waals surface area contributed by atoms with E-state index in [-0.39, 0.29) is 47.8 Å². The first-order valence-corrected chi connectivity index (χ1v) is 11.1. The van der Waals surface area contributed by atoms with Crippen molar-refractivity contribution in [1.29, 1.82) is 0 Å². The third-order valence-electron chi connectivity index (χ3n) is 4.65. The molecule has 0 bridgehead atoms. The molecule has 7 nitrogen and oxygen atoms in total. The summed E-state index contributed by atoms with van der Waals surface area (Å²) < 4.78 is 51.1. The number of likely N-dealkylation sites (N-methyl/N-ethyl adjacent to an activating group) is 1. The lowest BCUT2D eigenvalue weighted by atomic mass is 10.2. The molecular weight excluding hydrogens is 435 g/mol. The second kappa shape index (κ2) is 9.74. The van der Waals surface area contributed by atoms with Crippen LogP contribution in [0.1, 0.15) is 5.56 Å². The summed E-state index contributed by atoms with van der Waals surface area (Å²) in [5.74, 6) is -0.581. The second-order valence-electron chi connectivity index (χ2n) is 6.74. The predicted molar refractivity (Wildman–Crippen MR) is 109 cm³/mol. The molecule has 0 unspecified atom stereocenters. The number of hydrogen-bond donors (Lipinski definition) is 0. The van der Waals surface area contributed by atoms with Gasteiger partial charge in [0.25, 0.3) is 5.91 Å². The summed E-state index contributed by atoms with van der Waals surface area (Å²) in [6, 6.07) is 10.3. The Bertz CT molecular complexity index is 1010. The molecule has 2 aromatic rings. The molecule has 0 atom stereocenters. The standard InChI is InChI=1S/C20H22ClFN2O5S/c1-23(13-15-4-2-3-5-18(15)22)20(25)14-29-19-7-6-16(12-17(19)21)30(26,27)24-8-10-28-11-9-24/h2-7,12H,8-11,13-14H2,1H3. The average molecular weight is 457 g/mol. The van der Waals surface area contributed by atoms with Gasteiger partial charge in [-0.2, -0.15) is 4.31 Å². The zero-order valence-electron chi connectivity index (χ0n) is 16.4. The largest absolute Gasteiger partial charge is 0.482 e. The van der Waals surface area contributed by atoms with Gasteiger partial charge in [0.1, 0.15) is 11.6 Å². The maximum atomic E-state index is 13.7. The Morgan fingerprint density at radius 3 is 2.60 bits per heavy atom. The number of sulfonamides is 1. The van der Waals surface area contributed by atoms with E-state index in [9.17, 15) is 17.6 Å². The summed E-state index contributed by atoms with van der Waals surface area (Å²) in [6.45, 7) is 1.02. The number of morpholine rings is 1. The van der Waals surface area contributed by atoms with E-state index in [2.05, 4.69) is 0 Å². The van der Waals surface area contributed by atoms with Crippen molar-refractivity contribution in [3.63, 3.8) is 0 Å². The van der Waals surface area contributed by atoms with Gasteiger partial charge in [-0.15, -0.1) is 0 Å². The fourth-order valence-corrected chi connectivity index (χ4v) is 4.65. The fourth-order valence-electron chi connectivity index (χ4n) is 2.92. The molecule has 1 fully saturated rings. The third-order valence-corrected chi connectivity index (χ3v) is 6.84. The minimum atomic E-state index is -3.68. The van der Waals surface area contributed by atoms with Crippen LogP contribution in [-0.4, -0.2) is 63.5 Å². The number of amides is 1. The van der Waals surface area contributed by atoms with Gasteiger partial charge in [0.2, 0.25) is 10.0 Å². The van der Waals surface area contributed by atoms with Gasteiger partial charge in [-0.3, -0.25) is 4.79 Å². The molecule has 0 aliphatic carbocycles. The van der Waals surface area contributed by atoms with Gasteiger partial charge in [-0.05, 0) is 24.3 Å². The number of ether oxygens (including phenoxy) is 2. The van der Waals surface area contributed by atoms with Crippen molar-refractivity contribution in [3.05, 3.63) is 58.9 Å². The van der Waals surface area contributed by atoms with Crippen LogP contribution in [0.15, 0.2) is 47.4 Å². The minimum absolute atomic E-state index is 0.0461. The second-order valence-corrected chi connectivity index (χ2v) is 9.08. The van der Waals surface area contributed by atoms with Crippen LogP contribution >= 0.6 is 11.6 Å². The molecule has 0 N–H and O–H groups in total. The van der Waals surface area contributed by atoms with Crippen LogP contribution in [0.4, 0.5) is 4.39 Å². The van der Waals surface area contributed by atoms with Gasteiger partial charge in [0, 0.05) is 32.2 Å². The third kappa shape index (κ3) is 5.28. The number of nitrogens with zero attached hydrogens (tertiary/aromatic N) is 2. The highest BCUT2D eigenvalue weighted by molar-refractivity contribution is 7.89. The van der Waals surface area contributed by atoms with Gasteiger partial charge in [-0.25, -0.2) is 12.8 Å². The Kier molecular flexibility index (Phi) is 7.30. The van der Waals surface area contributed by atoms with Crippen LogP contribution in [0.2, 0.25) is 5.02 Å². The molecule has 1 saturated heterocycles. The number of halogens is 2. The summed E-state index contributed by atoms with van der Waals surface area (Å²) in [5.41, 5.74) is 0.393. The first-order chi connectivity index (χ1) is 14.3. The van der Waals surface area contributed by atoms with Crippen LogP contribution in [0, 0.1) is 5.82 Å². The van der Waals surface area contributed by atoms with Gasteiger partial charge in [0.05, 0.1) is 23.1 Å². The van der Waals surface area contributed by atoms with Gasteiger partial charge >= 0.3 is 0 Å². The number of carbonyl (C=O) groups is 1. The lowest BCUT2D eigenvalue weighted by Gasteiger charge is -2.26. The molecule has 0 spiro atoms. The molecule has 0 saturated carbocycles. The zero-order valence-corrected chi connectivity index (χ0v) is 18.0. The highest BCUT2D eigenvalue weighted by Gasteiger charge is 2.27. The molecule has 10 heteroatoms. The van der Waals surface area contributed by atoms with Crippen molar-refractivity contribution >= 4 is 27.5 Å². The quantitative estimate of drug-likeness (QED) is 0.640.